The van der Waals surface area contributed by atoms with Crippen molar-refractivity contribution in [3.8, 4) is 11.5 Å². The summed E-state index contributed by atoms with van der Waals surface area (Å²) in [5.74, 6) is 1.79. The van der Waals surface area contributed by atoms with Crippen molar-refractivity contribution in [2.24, 2.45) is 11.1 Å². The van der Waals surface area contributed by atoms with Crippen molar-refractivity contribution in [1.82, 2.24) is 0 Å². The number of methoxy groups -OCH3 is 1. The number of ether oxygens (including phenoxy) is 3. The molecule has 1 N–H and O–H groups in total. The summed E-state index contributed by atoms with van der Waals surface area (Å²) in [4.78, 5) is 0. The Morgan fingerprint density at radius 1 is 1.47 bits per heavy atom. The molecule has 1 unspecified atom stereocenters. The standard InChI is InChI=1S/C14H19NO4/c1-10(15-16)12-3-4-13(14(7-12)17-2)19-9-11-5-6-18-8-11/h3-4,7,11,16H,5-6,8-9H2,1-2H3/b15-10+. The second kappa shape index (κ2) is 6.43. The van der Waals surface area contributed by atoms with E-state index in [2.05, 4.69) is 5.16 Å². The Morgan fingerprint density at radius 2 is 2.32 bits per heavy atom. The quantitative estimate of drug-likeness (QED) is 0.504. The van der Waals surface area contributed by atoms with E-state index in [1.54, 1.807) is 20.1 Å². The second-order valence-corrected chi connectivity index (χ2v) is 4.59. The maximum atomic E-state index is 8.77. The van der Waals surface area contributed by atoms with Crippen LogP contribution in [0.5, 0.6) is 11.5 Å². The molecule has 0 radical (unpaired) electrons. The van der Waals surface area contributed by atoms with Crippen LogP contribution >= 0.6 is 0 Å². The number of hydrogen-bond donors (Lipinski definition) is 1. The smallest absolute Gasteiger partial charge is 0.161 e. The SMILES string of the molecule is COc1cc(/C(C)=N/O)ccc1OCC1CCOC1. The van der Waals surface area contributed by atoms with Gasteiger partial charge in [0.25, 0.3) is 0 Å². The van der Waals surface area contributed by atoms with E-state index in [-0.39, 0.29) is 0 Å². The molecule has 0 amide bonds. The van der Waals surface area contributed by atoms with Crippen molar-refractivity contribution in [3.63, 3.8) is 0 Å². The number of rotatable bonds is 5. The molecule has 1 aliphatic rings. The normalized spacial score (nSPS) is 19.5. The van der Waals surface area contributed by atoms with Crippen molar-refractivity contribution in [2.45, 2.75) is 13.3 Å². The third-order valence-corrected chi connectivity index (χ3v) is 3.23. The Bertz CT molecular complexity index is 453. The van der Waals surface area contributed by atoms with Gasteiger partial charge in [0.2, 0.25) is 0 Å². The molecule has 0 bridgehead atoms. The zero-order chi connectivity index (χ0) is 13.7. The van der Waals surface area contributed by atoms with Gasteiger partial charge in [-0.05, 0) is 31.5 Å². The van der Waals surface area contributed by atoms with E-state index in [1.165, 1.54) is 0 Å². The molecule has 2 rings (SSSR count). The van der Waals surface area contributed by atoms with E-state index in [0.29, 0.717) is 29.7 Å². The predicted molar refractivity (Wildman–Crippen MR) is 71.4 cm³/mol. The van der Waals surface area contributed by atoms with Crippen molar-refractivity contribution >= 4 is 5.71 Å². The van der Waals surface area contributed by atoms with E-state index in [9.17, 15) is 0 Å². The number of oxime groups is 1. The number of nitrogens with zero attached hydrogens (tertiary/aromatic N) is 1. The molecule has 1 aromatic carbocycles. The van der Waals surface area contributed by atoms with Gasteiger partial charge in [0.15, 0.2) is 11.5 Å². The molecule has 5 heteroatoms. The molecule has 5 nitrogen and oxygen atoms in total. The van der Waals surface area contributed by atoms with Crippen LogP contribution in [0.15, 0.2) is 23.4 Å². The summed E-state index contributed by atoms with van der Waals surface area (Å²) in [6, 6.07) is 5.48. The van der Waals surface area contributed by atoms with Crippen molar-refractivity contribution in [1.29, 1.82) is 0 Å². The van der Waals surface area contributed by atoms with Crippen LogP contribution in [0.3, 0.4) is 0 Å². The van der Waals surface area contributed by atoms with E-state index in [4.69, 9.17) is 19.4 Å². The highest BCUT2D eigenvalue weighted by Crippen LogP contribution is 2.29. The van der Waals surface area contributed by atoms with Crippen LogP contribution in [0.2, 0.25) is 0 Å². The third kappa shape index (κ3) is 3.38. The fraction of sp³-hybridized carbons (Fsp3) is 0.500. The molecule has 1 saturated heterocycles. The van der Waals surface area contributed by atoms with E-state index >= 15 is 0 Å². The first kappa shape index (κ1) is 13.7. The Hall–Kier alpha value is -1.75. The van der Waals surface area contributed by atoms with Crippen LogP contribution in [-0.4, -0.2) is 37.8 Å². The fourth-order valence-electron chi connectivity index (χ4n) is 1.99. The molecule has 19 heavy (non-hydrogen) atoms. The van der Waals surface area contributed by atoms with Gasteiger partial charge in [-0.15, -0.1) is 0 Å². The first-order chi connectivity index (χ1) is 9.24. The van der Waals surface area contributed by atoms with Gasteiger partial charge in [0, 0.05) is 18.1 Å². The Labute approximate surface area is 112 Å². The second-order valence-electron chi connectivity index (χ2n) is 4.59. The van der Waals surface area contributed by atoms with Crippen LogP contribution in [0.25, 0.3) is 0 Å². The zero-order valence-electron chi connectivity index (χ0n) is 11.3. The minimum atomic E-state index is 0.449. The maximum absolute atomic E-state index is 8.77. The number of benzene rings is 1. The summed E-state index contributed by atoms with van der Waals surface area (Å²) in [7, 11) is 1.59. The average molecular weight is 265 g/mol. The van der Waals surface area contributed by atoms with Gasteiger partial charge in [0.05, 0.1) is 26.0 Å². The lowest BCUT2D eigenvalue weighted by molar-refractivity contribution is 0.165. The highest BCUT2D eigenvalue weighted by atomic mass is 16.5. The lowest BCUT2D eigenvalue weighted by atomic mass is 10.1. The van der Waals surface area contributed by atoms with Gasteiger partial charge >= 0.3 is 0 Å². The van der Waals surface area contributed by atoms with Crippen molar-refractivity contribution in [2.75, 3.05) is 26.9 Å². The molecule has 104 valence electrons. The van der Waals surface area contributed by atoms with Gasteiger partial charge in [0.1, 0.15) is 0 Å². The third-order valence-electron chi connectivity index (χ3n) is 3.23. The minimum absolute atomic E-state index is 0.449. The largest absolute Gasteiger partial charge is 0.493 e. The summed E-state index contributed by atoms with van der Waals surface area (Å²) in [6.07, 6.45) is 1.04. The van der Waals surface area contributed by atoms with Crippen LogP contribution in [0.4, 0.5) is 0 Å². The topological polar surface area (TPSA) is 60.3 Å². The molecule has 1 fully saturated rings. The molecule has 1 heterocycles. The lowest BCUT2D eigenvalue weighted by Crippen LogP contribution is -2.12. The van der Waals surface area contributed by atoms with Crippen LogP contribution in [-0.2, 0) is 4.74 Å². The summed E-state index contributed by atoms with van der Waals surface area (Å²) in [6.45, 7) is 3.93. The summed E-state index contributed by atoms with van der Waals surface area (Å²) in [5.41, 5.74) is 1.34. The minimum Gasteiger partial charge on any atom is -0.493 e. The number of hydrogen-bond acceptors (Lipinski definition) is 5. The molecule has 0 aliphatic carbocycles. The van der Waals surface area contributed by atoms with Gasteiger partial charge in [-0.1, -0.05) is 5.16 Å². The monoisotopic (exact) mass is 265 g/mol. The summed E-state index contributed by atoms with van der Waals surface area (Å²) < 4.78 is 16.4. The summed E-state index contributed by atoms with van der Waals surface area (Å²) >= 11 is 0. The van der Waals surface area contributed by atoms with Crippen LogP contribution in [0.1, 0.15) is 18.9 Å². The fourth-order valence-corrected chi connectivity index (χ4v) is 1.99. The molecule has 1 aromatic rings. The molecule has 1 atom stereocenters. The molecular formula is C14H19NO4. The average Bonchev–Trinajstić information content (AvgIpc) is 2.97. The first-order valence-corrected chi connectivity index (χ1v) is 6.32. The molecular weight excluding hydrogens is 246 g/mol. The molecule has 1 aliphatic heterocycles. The maximum Gasteiger partial charge on any atom is 0.161 e. The zero-order valence-corrected chi connectivity index (χ0v) is 11.3. The lowest BCUT2D eigenvalue weighted by Gasteiger charge is -2.14. The Morgan fingerprint density at radius 3 is 2.95 bits per heavy atom. The van der Waals surface area contributed by atoms with Crippen LogP contribution in [0, 0.1) is 5.92 Å². The molecule has 0 aromatic heterocycles. The van der Waals surface area contributed by atoms with Gasteiger partial charge in [-0.3, -0.25) is 0 Å². The Balaban J connectivity index is 2.07. The van der Waals surface area contributed by atoms with Gasteiger partial charge in [-0.2, -0.15) is 0 Å². The van der Waals surface area contributed by atoms with E-state index in [1.807, 2.05) is 12.1 Å². The highest BCUT2D eigenvalue weighted by Gasteiger charge is 2.17. The van der Waals surface area contributed by atoms with E-state index < -0.39 is 0 Å². The van der Waals surface area contributed by atoms with Crippen molar-refractivity contribution in [3.05, 3.63) is 23.8 Å². The van der Waals surface area contributed by atoms with Gasteiger partial charge < -0.3 is 19.4 Å². The van der Waals surface area contributed by atoms with Gasteiger partial charge in [-0.25, -0.2) is 0 Å². The highest BCUT2D eigenvalue weighted by molar-refractivity contribution is 5.98. The predicted octanol–water partition coefficient (Wildman–Crippen LogP) is 2.31. The van der Waals surface area contributed by atoms with Crippen LogP contribution < -0.4 is 9.47 Å². The summed E-state index contributed by atoms with van der Waals surface area (Å²) in [5, 5.41) is 11.9. The van der Waals surface area contributed by atoms with Crippen molar-refractivity contribution < 1.29 is 19.4 Å². The van der Waals surface area contributed by atoms with E-state index in [0.717, 1.165) is 25.2 Å². The molecule has 0 saturated carbocycles. The molecule has 0 spiro atoms. The Kier molecular flexibility index (Phi) is 4.63. The first-order valence-electron chi connectivity index (χ1n) is 6.32.